The standard InChI is InChI=1S/C22H24N4O3S/c1-29-14-8-13-23-21(28)25-20(27)16-30-22-24-15-19(17-9-4-2-5-10-17)26(22)18-11-6-3-7-12-18/h2-7,9-12,15H,8,13-14,16H2,1H3,(H2,23,25,27,28). The smallest absolute Gasteiger partial charge is 0.321 e. The summed E-state index contributed by atoms with van der Waals surface area (Å²) in [6, 6.07) is 19.3. The van der Waals surface area contributed by atoms with Gasteiger partial charge in [0.25, 0.3) is 0 Å². The molecule has 2 N–H and O–H groups in total. The molecule has 0 spiro atoms. The molecule has 0 bridgehead atoms. The fraction of sp³-hybridized carbons (Fsp3) is 0.227. The van der Waals surface area contributed by atoms with Gasteiger partial charge in [-0.1, -0.05) is 60.3 Å². The molecule has 0 saturated carbocycles. The van der Waals surface area contributed by atoms with Crippen LogP contribution in [0.4, 0.5) is 4.79 Å². The molecule has 0 unspecified atom stereocenters. The third-order valence-electron chi connectivity index (χ3n) is 4.21. The van der Waals surface area contributed by atoms with Crippen LogP contribution >= 0.6 is 11.8 Å². The quantitative estimate of drug-likeness (QED) is 0.406. The number of urea groups is 1. The Morgan fingerprint density at radius 2 is 1.77 bits per heavy atom. The monoisotopic (exact) mass is 424 g/mol. The fourth-order valence-corrected chi connectivity index (χ4v) is 3.62. The Morgan fingerprint density at radius 3 is 2.47 bits per heavy atom. The van der Waals surface area contributed by atoms with Crippen LogP contribution in [-0.2, 0) is 9.53 Å². The first kappa shape index (κ1) is 21.6. The van der Waals surface area contributed by atoms with Gasteiger partial charge in [-0.2, -0.15) is 0 Å². The molecule has 0 aliphatic heterocycles. The van der Waals surface area contributed by atoms with Gasteiger partial charge in [0.2, 0.25) is 5.91 Å². The lowest BCUT2D eigenvalue weighted by Crippen LogP contribution is -2.40. The molecule has 1 heterocycles. The lowest BCUT2D eigenvalue weighted by Gasteiger charge is -2.12. The van der Waals surface area contributed by atoms with Crippen LogP contribution in [0.1, 0.15) is 6.42 Å². The van der Waals surface area contributed by atoms with E-state index in [2.05, 4.69) is 15.6 Å². The average Bonchev–Trinajstić information content (AvgIpc) is 3.20. The Morgan fingerprint density at radius 1 is 1.07 bits per heavy atom. The van der Waals surface area contributed by atoms with Crippen molar-refractivity contribution in [2.45, 2.75) is 11.6 Å². The van der Waals surface area contributed by atoms with Gasteiger partial charge < -0.3 is 10.1 Å². The Kier molecular flexibility index (Phi) is 8.05. The molecule has 1 aromatic heterocycles. The van der Waals surface area contributed by atoms with E-state index in [4.69, 9.17) is 4.74 Å². The average molecular weight is 425 g/mol. The van der Waals surface area contributed by atoms with E-state index in [1.54, 1.807) is 13.3 Å². The number of methoxy groups -OCH3 is 1. The number of aromatic nitrogens is 2. The molecule has 0 aliphatic carbocycles. The summed E-state index contributed by atoms with van der Waals surface area (Å²) in [5.74, 6) is -0.308. The highest BCUT2D eigenvalue weighted by Crippen LogP contribution is 2.29. The predicted molar refractivity (Wildman–Crippen MR) is 118 cm³/mol. The van der Waals surface area contributed by atoms with Crippen LogP contribution in [-0.4, -0.2) is 47.5 Å². The fourth-order valence-electron chi connectivity index (χ4n) is 2.83. The first-order chi connectivity index (χ1) is 14.7. The highest BCUT2D eigenvalue weighted by Gasteiger charge is 2.16. The molecule has 156 valence electrons. The minimum absolute atomic E-state index is 0.0730. The van der Waals surface area contributed by atoms with Crippen molar-refractivity contribution in [2.75, 3.05) is 26.0 Å². The lowest BCUT2D eigenvalue weighted by atomic mass is 10.1. The minimum Gasteiger partial charge on any atom is -0.385 e. The SMILES string of the molecule is COCCCNC(=O)NC(=O)CSc1ncc(-c2ccccc2)n1-c1ccccc1. The minimum atomic E-state index is -0.506. The predicted octanol–water partition coefficient (Wildman–Crippen LogP) is 3.49. The number of benzene rings is 2. The second-order valence-corrected chi connectivity index (χ2v) is 7.34. The number of imide groups is 1. The highest BCUT2D eigenvalue weighted by atomic mass is 32.2. The molecule has 30 heavy (non-hydrogen) atoms. The molecule has 3 aromatic rings. The van der Waals surface area contributed by atoms with Crippen LogP contribution in [0.25, 0.3) is 16.9 Å². The maximum absolute atomic E-state index is 12.2. The molecule has 8 heteroatoms. The van der Waals surface area contributed by atoms with Crippen molar-refractivity contribution < 1.29 is 14.3 Å². The van der Waals surface area contributed by atoms with Crippen LogP contribution in [0.15, 0.2) is 72.0 Å². The van der Waals surface area contributed by atoms with Crippen molar-refractivity contribution in [3.05, 3.63) is 66.9 Å². The van der Waals surface area contributed by atoms with Crippen LogP contribution in [0.3, 0.4) is 0 Å². The van der Waals surface area contributed by atoms with Gasteiger partial charge in [0.05, 0.1) is 17.6 Å². The summed E-state index contributed by atoms with van der Waals surface area (Å²) in [7, 11) is 1.60. The third kappa shape index (κ3) is 5.95. The van der Waals surface area contributed by atoms with Crippen LogP contribution < -0.4 is 10.6 Å². The number of rotatable bonds is 9. The number of carbonyl (C=O) groups excluding carboxylic acids is 2. The number of para-hydroxylation sites is 1. The summed E-state index contributed by atoms with van der Waals surface area (Å²) in [5.41, 5.74) is 2.91. The molecule has 0 atom stereocenters. The number of nitrogens with one attached hydrogen (secondary N) is 2. The lowest BCUT2D eigenvalue weighted by molar-refractivity contribution is -0.117. The van der Waals surface area contributed by atoms with Crippen molar-refractivity contribution in [1.29, 1.82) is 0 Å². The van der Waals surface area contributed by atoms with Gasteiger partial charge in [-0.25, -0.2) is 9.78 Å². The molecule has 3 amide bonds. The Bertz CT molecular complexity index is 961. The second kappa shape index (κ2) is 11.2. The first-order valence-electron chi connectivity index (χ1n) is 9.57. The van der Waals surface area contributed by atoms with E-state index in [9.17, 15) is 9.59 Å². The highest BCUT2D eigenvalue weighted by molar-refractivity contribution is 7.99. The van der Waals surface area contributed by atoms with Crippen molar-refractivity contribution in [1.82, 2.24) is 20.2 Å². The second-order valence-electron chi connectivity index (χ2n) is 6.40. The maximum Gasteiger partial charge on any atom is 0.321 e. The number of imidazole rings is 1. The van der Waals surface area contributed by atoms with Gasteiger partial charge in [-0.15, -0.1) is 0 Å². The Hall–Kier alpha value is -3.10. The van der Waals surface area contributed by atoms with E-state index in [0.29, 0.717) is 24.7 Å². The normalized spacial score (nSPS) is 10.6. The zero-order valence-electron chi connectivity index (χ0n) is 16.7. The topological polar surface area (TPSA) is 85.2 Å². The van der Waals surface area contributed by atoms with Gasteiger partial charge in [0, 0.05) is 31.5 Å². The van der Waals surface area contributed by atoms with Crippen LogP contribution in [0.2, 0.25) is 0 Å². The number of hydrogen-bond acceptors (Lipinski definition) is 5. The summed E-state index contributed by atoms with van der Waals surface area (Å²) in [4.78, 5) is 28.5. The summed E-state index contributed by atoms with van der Waals surface area (Å²) in [5, 5.41) is 5.64. The molecule has 0 aliphatic rings. The van der Waals surface area contributed by atoms with Crippen molar-refractivity contribution >= 4 is 23.7 Å². The molecule has 2 aromatic carbocycles. The van der Waals surface area contributed by atoms with E-state index >= 15 is 0 Å². The summed E-state index contributed by atoms with van der Waals surface area (Å²) >= 11 is 1.28. The molecule has 3 rings (SSSR count). The molecule has 0 radical (unpaired) electrons. The van der Waals surface area contributed by atoms with Crippen LogP contribution in [0, 0.1) is 0 Å². The molecule has 0 fully saturated rings. The van der Waals surface area contributed by atoms with E-state index in [0.717, 1.165) is 16.9 Å². The molecule has 7 nitrogen and oxygen atoms in total. The zero-order valence-corrected chi connectivity index (χ0v) is 17.5. The molecule has 0 saturated heterocycles. The Labute approximate surface area is 179 Å². The largest absolute Gasteiger partial charge is 0.385 e. The number of hydrogen-bond donors (Lipinski definition) is 2. The van der Waals surface area contributed by atoms with Gasteiger partial charge in [0.15, 0.2) is 5.16 Å². The van der Waals surface area contributed by atoms with E-state index in [1.807, 2.05) is 65.2 Å². The van der Waals surface area contributed by atoms with Crippen molar-refractivity contribution in [2.24, 2.45) is 0 Å². The van der Waals surface area contributed by atoms with Crippen LogP contribution in [0.5, 0.6) is 0 Å². The van der Waals surface area contributed by atoms with Gasteiger partial charge in [0.1, 0.15) is 0 Å². The molecular weight excluding hydrogens is 400 g/mol. The van der Waals surface area contributed by atoms with Gasteiger partial charge in [-0.3, -0.25) is 14.7 Å². The van der Waals surface area contributed by atoms with Crippen molar-refractivity contribution in [3.63, 3.8) is 0 Å². The molecular formula is C22H24N4O3S. The number of ether oxygens (including phenoxy) is 1. The maximum atomic E-state index is 12.2. The van der Waals surface area contributed by atoms with E-state index in [1.165, 1.54) is 11.8 Å². The number of amides is 3. The third-order valence-corrected chi connectivity index (χ3v) is 5.16. The van der Waals surface area contributed by atoms with E-state index < -0.39 is 6.03 Å². The number of thioether (sulfide) groups is 1. The van der Waals surface area contributed by atoms with Gasteiger partial charge in [-0.05, 0) is 18.6 Å². The summed E-state index contributed by atoms with van der Waals surface area (Å²) in [6.45, 7) is 0.995. The number of nitrogens with zero attached hydrogens (tertiary/aromatic N) is 2. The first-order valence-corrected chi connectivity index (χ1v) is 10.6. The summed E-state index contributed by atoms with van der Waals surface area (Å²) in [6.07, 6.45) is 2.48. The van der Waals surface area contributed by atoms with E-state index in [-0.39, 0.29) is 11.7 Å². The summed E-state index contributed by atoms with van der Waals surface area (Å²) < 4.78 is 6.93. The van der Waals surface area contributed by atoms with Gasteiger partial charge >= 0.3 is 6.03 Å². The van der Waals surface area contributed by atoms with Crippen molar-refractivity contribution in [3.8, 4) is 16.9 Å². The number of carbonyl (C=O) groups is 2. The Balaban J connectivity index is 1.68. The zero-order chi connectivity index (χ0) is 21.2.